The second-order valence-corrected chi connectivity index (χ2v) is 6.55. The first-order valence-electron chi connectivity index (χ1n) is 8.70. The van der Waals surface area contributed by atoms with Gasteiger partial charge in [-0.15, -0.1) is 0 Å². The zero-order valence-electron chi connectivity index (χ0n) is 14.8. The van der Waals surface area contributed by atoms with Crippen molar-refractivity contribution in [3.05, 3.63) is 35.4 Å². The van der Waals surface area contributed by atoms with E-state index in [0.29, 0.717) is 5.57 Å². The summed E-state index contributed by atoms with van der Waals surface area (Å²) in [7, 11) is 0. The van der Waals surface area contributed by atoms with Gasteiger partial charge in [0, 0.05) is 18.7 Å². The molecule has 152 valence electrons. The fourth-order valence-electron chi connectivity index (χ4n) is 3.24. The average molecular weight is 398 g/mol. The van der Waals surface area contributed by atoms with Gasteiger partial charge in [-0.3, -0.25) is 9.69 Å². The summed E-state index contributed by atoms with van der Waals surface area (Å²) in [5, 5.41) is 27.3. The third kappa shape index (κ3) is 3.84. The molecule has 0 saturated carbocycles. The maximum atomic E-state index is 14.6. The van der Waals surface area contributed by atoms with E-state index in [9.17, 15) is 23.5 Å². The van der Waals surface area contributed by atoms with Crippen molar-refractivity contribution in [2.45, 2.75) is 18.6 Å². The molecule has 3 rings (SSSR count). The minimum Gasteiger partial charge on any atom is -0.441 e. The summed E-state index contributed by atoms with van der Waals surface area (Å²) in [4.78, 5) is 26.0. The highest BCUT2D eigenvalue weighted by Gasteiger charge is 2.33. The molecule has 0 aliphatic carbocycles. The van der Waals surface area contributed by atoms with Gasteiger partial charge in [0.2, 0.25) is 0 Å². The van der Waals surface area contributed by atoms with Gasteiger partial charge in [-0.1, -0.05) is 6.08 Å². The van der Waals surface area contributed by atoms with Crippen LogP contribution in [0.2, 0.25) is 0 Å². The molecule has 0 unspecified atom stereocenters. The number of carbonyl (C=O) groups is 2. The van der Waals surface area contributed by atoms with E-state index in [1.807, 2.05) is 0 Å². The number of hydrogen-bond acceptors (Lipinski definition) is 6. The number of halogens is 2. The number of cyclic esters (lactones) is 1. The Morgan fingerprint density at radius 3 is 2.46 bits per heavy atom. The molecule has 0 radical (unpaired) electrons. The second-order valence-electron chi connectivity index (χ2n) is 6.55. The van der Waals surface area contributed by atoms with Crippen LogP contribution in [0.25, 0.3) is 5.57 Å². The van der Waals surface area contributed by atoms with Gasteiger partial charge in [0.25, 0.3) is 5.91 Å². The fraction of sp³-hybridized carbons (Fsp3) is 0.444. The van der Waals surface area contributed by atoms with E-state index in [0.717, 1.165) is 17.0 Å². The van der Waals surface area contributed by atoms with Crippen LogP contribution < -0.4 is 4.90 Å². The van der Waals surface area contributed by atoms with Crippen LogP contribution >= 0.6 is 0 Å². The predicted octanol–water partition coefficient (Wildman–Crippen LogP) is 0.251. The topological polar surface area (TPSA) is 111 Å². The maximum absolute atomic E-state index is 14.6. The first kappa shape index (κ1) is 20.2. The molecular weight excluding hydrogens is 378 g/mol. The molecule has 1 aromatic carbocycles. The summed E-state index contributed by atoms with van der Waals surface area (Å²) >= 11 is 0. The van der Waals surface area contributed by atoms with E-state index < -0.39 is 49.1 Å². The summed E-state index contributed by atoms with van der Waals surface area (Å²) in [6.07, 6.45) is -1.42. The Kier molecular flexibility index (Phi) is 5.92. The number of ether oxygens (including phenoxy) is 1. The number of aliphatic hydroxyl groups excluding tert-OH is 3. The molecule has 2 atom stereocenters. The van der Waals surface area contributed by atoms with Gasteiger partial charge in [0.1, 0.15) is 17.7 Å². The minimum absolute atomic E-state index is 0.0134. The molecule has 8 nitrogen and oxygen atoms in total. The molecule has 2 amide bonds. The molecule has 2 heterocycles. The van der Waals surface area contributed by atoms with Gasteiger partial charge in [0.05, 0.1) is 25.4 Å². The molecule has 10 heteroatoms. The molecule has 1 fully saturated rings. The Morgan fingerprint density at radius 2 is 1.96 bits per heavy atom. The lowest BCUT2D eigenvalue weighted by Crippen LogP contribution is -2.42. The van der Waals surface area contributed by atoms with Crippen LogP contribution in [0.1, 0.15) is 12.0 Å². The quantitative estimate of drug-likeness (QED) is 0.656. The van der Waals surface area contributed by atoms with Gasteiger partial charge in [-0.25, -0.2) is 13.6 Å². The lowest BCUT2D eigenvalue weighted by Gasteiger charge is -2.28. The number of anilines is 1. The molecule has 1 aromatic rings. The predicted molar refractivity (Wildman–Crippen MR) is 93.3 cm³/mol. The summed E-state index contributed by atoms with van der Waals surface area (Å²) in [6, 6.07) is 2.04. The zero-order valence-corrected chi connectivity index (χ0v) is 14.8. The van der Waals surface area contributed by atoms with E-state index in [1.54, 1.807) is 0 Å². The third-order valence-electron chi connectivity index (χ3n) is 4.72. The standard InChI is InChI=1S/C18H20F2N2O6/c19-13-5-11(22-7-12(8-23)28-18(22)27)6-14(20)16(13)10-1-3-21(4-2-10)17(26)15(25)9-24/h1,5-6,12,15,23-25H,2-4,7-9H2/t12-,15+/m1/s1. The molecule has 0 bridgehead atoms. The van der Waals surface area contributed by atoms with Crippen molar-refractivity contribution in [3.63, 3.8) is 0 Å². The minimum atomic E-state index is -1.52. The summed E-state index contributed by atoms with van der Waals surface area (Å²) in [5.41, 5.74) is 0.102. The van der Waals surface area contributed by atoms with Crippen LogP contribution in [0.3, 0.4) is 0 Å². The largest absolute Gasteiger partial charge is 0.441 e. The first-order chi connectivity index (χ1) is 13.3. The first-order valence-corrected chi connectivity index (χ1v) is 8.70. The van der Waals surface area contributed by atoms with Crippen LogP contribution in [-0.2, 0) is 9.53 Å². The fourth-order valence-corrected chi connectivity index (χ4v) is 3.24. The lowest BCUT2D eigenvalue weighted by atomic mass is 9.97. The third-order valence-corrected chi connectivity index (χ3v) is 4.72. The monoisotopic (exact) mass is 398 g/mol. The van der Waals surface area contributed by atoms with Crippen LogP contribution in [0.4, 0.5) is 19.3 Å². The van der Waals surface area contributed by atoms with Crippen LogP contribution in [0, 0.1) is 11.6 Å². The van der Waals surface area contributed by atoms with Gasteiger partial charge in [0.15, 0.2) is 6.10 Å². The van der Waals surface area contributed by atoms with Gasteiger partial charge >= 0.3 is 6.09 Å². The van der Waals surface area contributed by atoms with Crippen molar-refractivity contribution >= 4 is 23.3 Å². The number of hydrogen-bond donors (Lipinski definition) is 3. The number of rotatable bonds is 5. The van der Waals surface area contributed by atoms with Crippen LogP contribution in [0.5, 0.6) is 0 Å². The lowest BCUT2D eigenvalue weighted by molar-refractivity contribution is -0.141. The van der Waals surface area contributed by atoms with Gasteiger partial charge < -0.3 is 25.0 Å². The molecule has 2 aliphatic rings. The van der Waals surface area contributed by atoms with E-state index >= 15 is 0 Å². The van der Waals surface area contributed by atoms with Crippen molar-refractivity contribution < 1.29 is 38.4 Å². The van der Waals surface area contributed by atoms with E-state index in [4.69, 9.17) is 14.9 Å². The Morgan fingerprint density at radius 1 is 1.29 bits per heavy atom. The number of nitrogens with zero attached hydrogens (tertiary/aromatic N) is 2. The zero-order chi connectivity index (χ0) is 20.4. The Labute approximate surface area is 159 Å². The highest BCUT2D eigenvalue weighted by molar-refractivity contribution is 5.90. The Bertz CT molecular complexity index is 792. The van der Waals surface area contributed by atoms with Crippen molar-refractivity contribution in [2.24, 2.45) is 0 Å². The summed E-state index contributed by atoms with van der Waals surface area (Å²) < 4.78 is 34.1. The number of amides is 2. The molecule has 3 N–H and O–H groups in total. The van der Waals surface area contributed by atoms with Crippen molar-refractivity contribution in [3.8, 4) is 0 Å². The SMILES string of the molecule is O=C([C@@H](O)CO)N1CC=C(c2c(F)cc(N3C[C@H](CO)OC3=O)cc2F)CC1. The Hall–Kier alpha value is -2.56. The Balaban J connectivity index is 1.80. The van der Waals surface area contributed by atoms with Crippen molar-refractivity contribution in [2.75, 3.05) is 37.7 Å². The molecule has 28 heavy (non-hydrogen) atoms. The number of benzene rings is 1. The average Bonchev–Trinajstić information content (AvgIpc) is 3.07. The molecule has 0 spiro atoms. The summed E-state index contributed by atoms with van der Waals surface area (Å²) in [6.45, 7) is -0.924. The van der Waals surface area contributed by atoms with Gasteiger partial charge in [-0.2, -0.15) is 0 Å². The smallest absolute Gasteiger partial charge is 0.414 e. The number of carbonyl (C=O) groups excluding carboxylic acids is 2. The molecular formula is C18H20F2N2O6. The maximum Gasteiger partial charge on any atom is 0.414 e. The van der Waals surface area contributed by atoms with E-state index in [2.05, 4.69) is 0 Å². The highest BCUT2D eigenvalue weighted by Crippen LogP contribution is 2.32. The molecule has 1 saturated heterocycles. The molecule has 0 aromatic heterocycles. The normalized spacial score (nSPS) is 20.8. The van der Waals surface area contributed by atoms with Gasteiger partial charge in [-0.05, 0) is 24.1 Å². The number of aliphatic hydroxyl groups is 3. The summed E-state index contributed by atoms with van der Waals surface area (Å²) in [5.74, 6) is -2.38. The molecule has 2 aliphatic heterocycles. The highest BCUT2D eigenvalue weighted by atomic mass is 19.1. The van der Waals surface area contributed by atoms with Crippen LogP contribution in [-0.4, -0.2) is 77.3 Å². The van der Waals surface area contributed by atoms with Crippen LogP contribution in [0.15, 0.2) is 18.2 Å². The van der Waals surface area contributed by atoms with Crippen molar-refractivity contribution in [1.29, 1.82) is 0 Å². The van der Waals surface area contributed by atoms with E-state index in [-0.39, 0.29) is 37.3 Å². The van der Waals surface area contributed by atoms with Crippen molar-refractivity contribution in [1.82, 2.24) is 4.90 Å². The second kappa shape index (κ2) is 8.21. The van der Waals surface area contributed by atoms with E-state index in [1.165, 1.54) is 11.0 Å².